The van der Waals surface area contributed by atoms with Crippen LogP contribution in [-0.2, 0) is 13.6 Å². The van der Waals surface area contributed by atoms with Crippen LogP contribution in [0.5, 0.6) is 0 Å². The lowest BCUT2D eigenvalue weighted by Gasteiger charge is -2.12. The predicted octanol–water partition coefficient (Wildman–Crippen LogP) is 1.92. The Morgan fingerprint density at radius 1 is 1.16 bits per heavy atom. The van der Waals surface area contributed by atoms with Gasteiger partial charge >= 0.3 is 0 Å². The summed E-state index contributed by atoms with van der Waals surface area (Å²) in [4.78, 5) is 0. The molecule has 0 aliphatic rings. The minimum Gasteiger partial charge on any atom is -0.353 e. The number of rotatable bonds is 4. The number of aromatic nitrogens is 4. The third-order valence-corrected chi connectivity index (χ3v) is 3.37. The van der Waals surface area contributed by atoms with Crippen molar-refractivity contribution in [3.8, 4) is 0 Å². The molecule has 1 unspecified atom stereocenters. The maximum absolute atomic E-state index is 4.26. The van der Waals surface area contributed by atoms with Gasteiger partial charge in [-0.15, -0.1) is 10.2 Å². The summed E-state index contributed by atoms with van der Waals surface area (Å²) in [5, 5.41) is 11.9. The van der Waals surface area contributed by atoms with Crippen LogP contribution in [0.25, 0.3) is 5.65 Å². The summed E-state index contributed by atoms with van der Waals surface area (Å²) in [5.74, 6) is 0.935. The number of hydrogen-bond donors (Lipinski definition) is 1. The number of hydrogen-bond acceptors (Lipinski definition) is 3. The van der Waals surface area contributed by atoms with Crippen molar-refractivity contribution < 1.29 is 0 Å². The van der Waals surface area contributed by atoms with Crippen LogP contribution in [-0.4, -0.2) is 19.2 Å². The lowest BCUT2D eigenvalue weighted by Crippen LogP contribution is -2.21. The normalized spacial score (nSPS) is 12.9. The Labute approximate surface area is 111 Å². The largest absolute Gasteiger partial charge is 0.353 e. The van der Waals surface area contributed by atoms with Gasteiger partial charge in [0.1, 0.15) is 0 Å². The minimum absolute atomic E-state index is 0.146. The quantitative estimate of drug-likeness (QED) is 0.774. The van der Waals surface area contributed by atoms with Crippen molar-refractivity contribution in [1.29, 1.82) is 0 Å². The molecule has 3 aromatic rings. The van der Waals surface area contributed by atoms with Gasteiger partial charge in [0.15, 0.2) is 11.5 Å². The van der Waals surface area contributed by atoms with E-state index in [1.165, 1.54) is 5.69 Å². The summed E-state index contributed by atoms with van der Waals surface area (Å²) in [6.45, 7) is 2.92. The van der Waals surface area contributed by atoms with Crippen LogP contribution < -0.4 is 5.32 Å². The Kier molecular flexibility index (Phi) is 3.05. The fraction of sp³-hybridized carbons (Fsp3) is 0.286. The molecule has 19 heavy (non-hydrogen) atoms. The Balaban J connectivity index is 1.77. The van der Waals surface area contributed by atoms with Crippen LogP contribution >= 0.6 is 0 Å². The highest BCUT2D eigenvalue weighted by Crippen LogP contribution is 2.12. The molecular weight excluding hydrogens is 238 g/mol. The highest BCUT2D eigenvalue weighted by molar-refractivity contribution is 5.37. The second kappa shape index (κ2) is 4.85. The first kappa shape index (κ1) is 11.9. The van der Waals surface area contributed by atoms with Crippen LogP contribution in [0.1, 0.15) is 24.5 Å². The van der Waals surface area contributed by atoms with Gasteiger partial charge in [0, 0.05) is 31.7 Å². The molecule has 98 valence electrons. The molecule has 0 aromatic carbocycles. The second-order valence-electron chi connectivity index (χ2n) is 4.70. The van der Waals surface area contributed by atoms with Crippen molar-refractivity contribution in [3.05, 3.63) is 54.2 Å². The van der Waals surface area contributed by atoms with Crippen LogP contribution in [0.2, 0.25) is 0 Å². The molecule has 3 rings (SSSR count). The topological polar surface area (TPSA) is 47.2 Å². The van der Waals surface area contributed by atoms with Crippen LogP contribution in [0.4, 0.5) is 0 Å². The van der Waals surface area contributed by atoms with E-state index in [1.54, 1.807) is 0 Å². The number of pyridine rings is 1. The third-order valence-electron chi connectivity index (χ3n) is 3.37. The molecule has 0 fully saturated rings. The van der Waals surface area contributed by atoms with E-state index in [9.17, 15) is 0 Å². The molecular formula is C14H17N5. The van der Waals surface area contributed by atoms with Gasteiger partial charge in [0.25, 0.3) is 0 Å². The Hall–Kier alpha value is -2.14. The summed E-state index contributed by atoms with van der Waals surface area (Å²) in [6, 6.07) is 10.2. The highest BCUT2D eigenvalue weighted by atomic mass is 15.3. The Morgan fingerprint density at radius 2 is 2.05 bits per heavy atom. The van der Waals surface area contributed by atoms with Gasteiger partial charge in [-0.25, -0.2) is 0 Å². The van der Waals surface area contributed by atoms with Crippen molar-refractivity contribution >= 4 is 5.65 Å². The molecule has 1 N–H and O–H groups in total. The molecule has 5 heteroatoms. The number of nitrogens with one attached hydrogen (secondary N) is 1. The highest BCUT2D eigenvalue weighted by Gasteiger charge is 2.12. The van der Waals surface area contributed by atoms with Gasteiger partial charge in [-0.2, -0.15) is 0 Å². The van der Waals surface area contributed by atoms with E-state index >= 15 is 0 Å². The zero-order valence-electron chi connectivity index (χ0n) is 11.1. The molecule has 0 aliphatic carbocycles. The molecule has 3 heterocycles. The van der Waals surface area contributed by atoms with E-state index in [1.807, 2.05) is 48.1 Å². The van der Waals surface area contributed by atoms with Crippen LogP contribution in [0, 0.1) is 0 Å². The lowest BCUT2D eigenvalue weighted by atomic mass is 10.3. The zero-order chi connectivity index (χ0) is 13.2. The standard InChI is InChI=1S/C14H17N5/c1-11(15-10-12-6-5-8-18(12)2)14-17-16-13-7-3-4-9-19(13)14/h3-9,11,15H,10H2,1-2H3. The predicted molar refractivity (Wildman–Crippen MR) is 73.7 cm³/mol. The summed E-state index contributed by atoms with van der Waals surface area (Å²) in [6.07, 6.45) is 4.04. The first-order chi connectivity index (χ1) is 9.25. The van der Waals surface area contributed by atoms with E-state index in [4.69, 9.17) is 0 Å². The van der Waals surface area contributed by atoms with Gasteiger partial charge in [-0.05, 0) is 31.2 Å². The summed E-state index contributed by atoms with van der Waals surface area (Å²) >= 11 is 0. The molecule has 0 spiro atoms. The molecule has 3 aromatic heterocycles. The lowest BCUT2D eigenvalue weighted by molar-refractivity contribution is 0.529. The van der Waals surface area contributed by atoms with Gasteiger partial charge in [0.05, 0.1) is 6.04 Å². The SMILES string of the molecule is CC(NCc1cccn1C)c1nnc2ccccn12. The van der Waals surface area contributed by atoms with Crippen molar-refractivity contribution in [2.24, 2.45) is 7.05 Å². The number of nitrogens with zero attached hydrogens (tertiary/aromatic N) is 4. The van der Waals surface area contributed by atoms with Gasteiger partial charge in [0.2, 0.25) is 0 Å². The number of aryl methyl sites for hydroxylation is 1. The van der Waals surface area contributed by atoms with E-state index in [0.29, 0.717) is 0 Å². The molecule has 0 amide bonds. The van der Waals surface area contributed by atoms with E-state index < -0.39 is 0 Å². The Bertz CT molecular complexity index is 682. The zero-order valence-corrected chi connectivity index (χ0v) is 11.1. The molecule has 0 aliphatic heterocycles. The fourth-order valence-electron chi connectivity index (χ4n) is 2.18. The smallest absolute Gasteiger partial charge is 0.160 e. The van der Waals surface area contributed by atoms with Gasteiger partial charge in [-0.1, -0.05) is 6.07 Å². The van der Waals surface area contributed by atoms with E-state index in [-0.39, 0.29) is 6.04 Å². The fourth-order valence-corrected chi connectivity index (χ4v) is 2.18. The van der Waals surface area contributed by atoms with E-state index in [0.717, 1.165) is 18.0 Å². The molecule has 0 saturated heterocycles. The first-order valence-corrected chi connectivity index (χ1v) is 6.39. The van der Waals surface area contributed by atoms with Crippen molar-refractivity contribution in [1.82, 2.24) is 24.5 Å². The van der Waals surface area contributed by atoms with Crippen molar-refractivity contribution in [3.63, 3.8) is 0 Å². The molecule has 1 atom stereocenters. The summed E-state index contributed by atoms with van der Waals surface area (Å²) in [7, 11) is 2.05. The summed E-state index contributed by atoms with van der Waals surface area (Å²) in [5.41, 5.74) is 2.13. The Morgan fingerprint density at radius 3 is 2.84 bits per heavy atom. The number of fused-ring (bicyclic) bond motifs is 1. The first-order valence-electron chi connectivity index (χ1n) is 6.39. The molecule has 5 nitrogen and oxygen atoms in total. The maximum Gasteiger partial charge on any atom is 0.160 e. The van der Waals surface area contributed by atoms with Crippen LogP contribution in [0.3, 0.4) is 0 Å². The van der Waals surface area contributed by atoms with E-state index in [2.05, 4.69) is 33.1 Å². The van der Waals surface area contributed by atoms with Gasteiger partial charge < -0.3 is 9.88 Å². The molecule has 0 radical (unpaired) electrons. The van der Waals surface area contributed by atoms with Crippen LogP contribution in [0.15, 0.2) is 42.7 Å². The third kappa shape index (κ3) is 2.24. The van der Waals surface area contributed by atoms with Gasteiger partial charge in [-0.3, -0.25) is 4.40 Å². The second-order valence-corrected chi connectivity index (χ2v) is 4.70. The average Bonchev–Trinajstić information content (AvgIpc) is 3.02. The van der Waals surface area contributed by atoms with Crippen molar-refractivity contribution in [2.45, 2.75) is 19.5 Å². The minimum atomic E-state index is 0.146. The van der Waals surface area contributed by atoms with Crippen molar-refractivity contribution in [2.75, 3.05) is 0 Å². The average molecular weight is 255 g/mol. The summed E-state index contributed by atoms with van der Waals surface area (Å²) < 4.78 is 4.13. The molecule has 0 bridgehead atoms. The monoisotopic (exact) mass is 255 g/mol. The maximum atomic E-state index is 4.26. The molecule has 0 saturated carbocycles.